The van der Waals surface area contributed by atoms with Crippen LogP contribution in [0.5, 0.6) is 5.75 Å². The average molecular weight is 534 g/mol. The molecule has 35 heavy (non-hydrogen) atoms. The standard InChI is InChI=1S/C26H25Cl2NO5S/c1-15(20-7-2-3-8-21(20)27)33-26(32)29-22-14-23(28)35-24(22)16-9-11-18(12-10-16)34-19-6-4-5-17(13-19)25(30)31/h2-3,7-12,14-15,17,19H,4-6,13H2,1H3,(H,29,32)(H,30,31)/t15-,17+,19+/m1/s1. The largest absolute Gasteiger partial charge is 0.490 e. The Morgan fingerprint density at radius 1 is 1.11 bits per heavy atom. The fourth-order valence-electron chi connectivity index (χ4n) is 4.19. The molecule has 6 nitrogen and oxygen atoms in total. The molecule has 4 rings (SSSR count). The first kappa shape index (κ1) is 25.4. The molecule has 1 aliphatic carbocycles. The number of carboxylic acids is 1. The Morgan fingerprint density at radius 2 is 1.86 bits per heavy atom. The molecule has 2 N–H and O–H groups in total. The minimum atomic E-state index is -0.761. The Labute approximate surface area is 217 Å². The lowest BCUT2D eigenvalue weighted by molar-refractivity contribution is -0.143. The van der Waals surface area contributed by atoms with Gasteiger partial charge in [0.2, 0.25) is 0 Å². The number of thiophene rings is 1. The second-order valence-corrected chi connectivity index (χ2v) is 10.5. The second-order valence-electron chi connectivity index (χ2n) is 8.45. The highest BCUT2D eigenvalue weighted by atomic mass is 35.5. The van der Waals surface area contributed by atoms with Crippen molar-refractivity contribution in [2.45, 2.75) is 44.8 Å². The van der Waals surface area contributed by atoms with Crippen molar-refractivity contribution in [3.63, 3.8) is 0 Å². The molecule has 1 saturated carbocycles. The molecular formula is C26H25Cl2NO5S. The lowest BCUT2D eigenvalue weighted by Gasteiger charge is -2.27. The second kappa shape index (κ2) is 11.3. The molecule has 0 bridgehead atoms. The SMILES string of the molecule is C[C@@H](OC(=O)Nc1cc(Cl)sc1-c1ccc(O[C@H]2CCC[C@H](C(=O)O)C2)cc1)c1ccccc1Cl. The van der Waals surface area contributed by atoms with Crippen molar-refractivity contribution in [1.82, 2.24) is 0 Å². The number of amides is 1. The molecule has 3 atom stereocenters. The highest BCUT2D eigenvalue weighted by Gasteiger charge is 2.28. The zero-order valence-corrected chi connectivity index (χ0v) is 21.3. The van der Waals surface area contributed by atoms with Crippen LogP contribution < -0.4 is 10.1 Å². The van der Waals surface area contributed by atoms with Crippen LogP contribution in [0.3, 0.4) is 0 Å². The monoisotopic (exact) mass is 533 g/mol. The summed E-state index contributed by atoms with van der Waals surface area (Å²) in [7, 11) is 0. The van der Waals surface area contributed by atoms with E-state index in [1.165, 1.54) is 11.3 Å². The van der Waals surface area contributed by atoms with E-state index in [1.54, 1.807) is 19.1 Å². The van der Waals surface area contributed by atoms with Gasteiger partial charge < -0.3 is 14.6 Å². The summed E-state index contributed by atoms with van der Waals surface area (Å²) in [6.07, 6.45) is 1.64. The van der Waals surface area contributed by atoms with Gasteiger partial charge in [0.1, 0.15) is 11.9 Å². The minimum Gasteiger partial charge on any atom is -0.490 e. The van der Waals surface area contributed by atoms with E-state index in [0.29, 0.717) is 33.6 Å². The van der Waals surface area contributed by atoms with Gasteiger partial charge in [-0.3, -0.25) is 10.1 Å². The summed E-state index contributed by atoms with van der Waals surface area (Å²) in [6.45, 7) is 1.76. The third kappa shape index (κ3) is 6.48. The molecule has 184 valence electrons. The Morgan fingerprint density at radius 3 is 2.57 bits per heavy atom. The number of carboxylic acid groups (broad SMARTS) is 1. The summed E-state index contributed by atoms with van der Waals surface area (Å²) in [6, 6.07) is 16.4. The predicted octanol–water partition coefficient (Wildman–Crippen LogP) is 8.05. The molecule has 1 fully saturated rings. The number of ether oxygens (including phenoxy) is 2. The van der Waals surface area contributed by atoms with Gasteiger partial charge in [0.25, 0.3) is 0 Å². The van der Waals surface area contributed by atoms with Crippen molar-refractivity contribution in [1.29, 1.82) is 0 Å². The summed E-state index contributed by atoms with van der Waals surface area (Å²) >= 11 is 13.8. The first-order chi connectivity index (χ1) is 16.8. The van der Waals surface area contributed by atoms with Gasteiger partial charge in [-0.25, -0.2) is 4.79 Å². The van der Waals surface area contributed by atoms with E-state index in [9.17, 15) is 14.7 Å². The summed E-state index contributed by atoms with van der Waals surface area (Å²) in [4.78, 5) is 24.7. The third-order valence-electron chi connectivity index (χ3n) is 5.96. The van der Waals surface area contributed by atoms with Crippen molar-refractivity contribution in [2.75, 3.05) is 5.32 Å². The average Bonchev–Trinajstić information content (AvgIpc) is 3.19. The van der Waals surface area contributed by atoms with Crippen LogP contribution >= 0.6 is 34.5 Å². The number of nitrogens with one attached hydrogen (secondary N) is 1. The summed E-state index contributed by atoms with van der Waals surface area (Å²) in [5, 5.41) is 12.6. The van der Waals surface area contributed by atoms with E-state index in [4.69, 9.17) is 32.7 Å². The van der Waals surface area contributed by atoms with E-state index >= 15 is 0 Å². The van der Waals surface area contributed by atoms with E-state index in [2.05, 4.69) is 5.32 Å². The van der Waals surface area contributed by atoms with Crippen LogP contribution in [0.2, 0.25) is 9.36 Å². The fourth-order valence-corrected chi connectivity index (χ4v) is 5.67. The van der Waals surface area contributed by atoms with Gasteiger partial charge in [-0.15, -0.1) is 11.3 Å². The van der Waals surface area contributed by atoms with Gasteiger partial charge in [-0.05, 0) is 74.6 Å². The number of aliphatic carboxylic acids is 1. The number of rotatable bonds is 7. The van der Waals surface area contributed by atoms with E-state index in [-0.39, 0.29) is 12.0 Å². The zero-order chi connectivity index (χ0) is 24.9. The van der Waals surface area contributed by atoms with Crippen molar-refractivity contribution in [3.05, 3.63) is 69.5 Å². The maximum absolute atomic E-state index is 12.6. The Bertz CT molecular complexity index is 1200. The molecule has 3 aromatic rings. The normalized spacial score (nSPS) is 18.5. The lowest BCUT2D eigenvalue weighted by atomic mass is 9.87. The third-order valence-corrected chi connectivity index (χ3v) is 7.62. The maximum atomic E-state index is 12.6. The molecule has 2 aromatic carbocycles. The number of halogens is 2. The van der Waals surface area contributed by atoms with Crippen LogP contribution in [0, 0.1) is 5.92 Å². The number of carbonyl (C=O) groups excluding carboxylic acids is 1. The summed E-state index contributed by atoms with van der Waals surface area (Å²) in [5.74, 6) is -0.437. The van der Waals surface area contributed by atoms with E-state index in [0.717, 1.165) is 28.8 Å². The molecule has 0 unspecified atom stereocenters. The van der Waals surface area contributed by atoms with Crippen molar-refractivity contribution < 1.29 is 24.2 Å². The smallest absolute Gasteiger partial charge is 0.412 e. The van der Waals surface area contributed by atoms with Gasteiger partial charge in [0.15, 0.2) is 0 Å². The first-order valence-electron chi connectivity index (χ1n) is 11.3. The van der Waals surface area contributed by atoms with Crippen LogP contribution in [0.15, 0.2) is 54.6 Å². The molecule has 9 heteroatoms. The Kier molecular flexibility index (Phi) is 8.21. The van der Waals surface area contributed by atoms with Crippen molar-refractivity contribution in [3.8, 4) is 16.2 Å². The highest BCUT2D eigenvalue weighted by molar-refractivity contribution is 7.20. The topological polar surface area (TPSA) is 84.9 Å². The Hall–Kier alpha value is -2.74. The number of hydrogen-bond donors (Lipinski definition) is 2. The highest BCUT2D eigenvalue weighted by Crippen LogP contribution is 2.40. The molecule has 0 radical (unpaired) electrons. The summed E-state index contributed by atoms with van der Waals surface area (Å²) < 4.78 is 12.1. The molecule has 1 aliphatic rings. The molecule has 1 heterocycles. The lowest BCUT2D eigenvalue weighted by Crippen LogP contribution is -2.29. The molecule has 0 aliphatic heterocycles. The number of hydrogen-bond acceptors (Lipinski definition) is 5. The van der Waals surface area contributed by atoms with Crippen LogP contribution in [-0.2, 0) is 9.53 Å². The predicted molar refractivity (Wildman–Crippen MR) is 139 cm³/mol. The van der Waals surface area contributed by atoms with Crippen LogP contribution in [0.4, 0.5) is 10.5 Å². The van der Waals surface area contributed by atoms with Gasteiger partial charge in [-0.2, -0.15) is 0 Å². The number of anilines is 1. The molecule has 0 spiro atoms. The van der Waals surface area contributed by atoms with Gasteiger partial charge >= 0.3 is 12.1 Å². The van der Waals surface area contributed by atoms with Crippen LogP contribution in [-0.4, -0.2) is 23.3 Å². The molecular weight excluding hydrogens is 509 g/mol. The van der Waals surface area contributed by atoms with Crippen LogP contribution in [0.25, 0.3) is 10.4 Å². The molecule has 1 amide bonds. The molecule has 1 aromatic heterocycles. The number of carbonyl (C=O) groups is 2. The van der Waals surface area contributed by atoms with Gasteiger partial charge in [0, 0.05) is 10.6 Å². The van der Waals surface area contributed by atoms with Crippen molar-refractivity contribution in [2.24, 2.45) is 5.92 Å². The van der Waals surface area contributed by atoms with E-state index < -0.39 is 18.2 Å². The minimum absolute atomic E-state index is 0.112. The number of benzene rings is 2. The molecule has 0 saturated heterocycles. The van der Waals surface area contributed by atoms with Gasteiger partial charge in [0.05, 0.1) is 26.9 Å². The quantitative estimate of drug-likeness (QED) is 0.320. The zero-order valence-electron chi connectivity index (χ0n) is 19.0. The first-order valence-corrected chi connectivity index (χ1v) is 12.9. The van der Waals surface area contributed by atoms with E-state index in [1.807, 2.05) is 42.5 Å². The maximum Gasteiger partial charge on any atom is 0.412 e. The van der Waals surface area contributed by atoms with Crippen LogP contribution in [0.1, 0.15) is 44.3 Å². The Balaban J connectivity index is 1.41. The van der Waals surface area contributed by atoms with Crippen molar-refractivity contribution >= 4 is 52.3 Å². The van der Waals surface area contributed by atoms with Gasteiger partial charge in [-0.1, -0.05) is 41.4 Å². The summed E-state index contributed by atoms with van der Waals surface area (Å²) in [5.41, 5.74) is 2.12. The fraction of sp³-hybridized carbons (Fsp3) is 0.308.